The number of hydrogen-bond acceptors (Lipinski definition) is 6. The average molecular weight is 1090 g/mol. The van der Waals surface area contributed by atoms with E-state index >= 15 is 0 Å². The number of para-hydroxylation sites is 4. The highest BCUT2D eigenvalue weighted by atomic mass is 15.1. The largest absolute Gasteiger partial charge is 0.306 e. The molecule has 0 saturated heterocycles. The van der Waals surface area contributed by atoms with Crippen LogP contribution in [0.1, 0.15) is 27.8 Å². The Hall–Kier alpha value is -12.8. The molecular formula is C76H40N10. The lowest BCUT2D eigenvalue weighted by molar-refractivity contribution is 1.02. The lowest BCUT2D eigenvalue weighted by atomic mass is 9.89. The lowest BCUT2D eigenvalue weighted by Crippen LogP contribution is -2.17. The van der Waals surface area contributed by atoms with E-state index in [-0.39, 0.29) is 0 Å². The number of aromatic nitrogens is 5. The highest BCUT2D eigenvalue weighted by Gasteiger charge is 2.36. The third-order valence-electron chi connectivity index (χ3n) is 16.9. The minimum Gasteiger partial charge on any atom is -0.306 e. The molecule has 0 spiro atoms. The molecule has 0 aliphatic rings. The van der Waals surface area contributed by atoms with Crippen LogP contribution in [0.5, 0.6) is 0 Å². The monoisotopic (exact) mass is 1090 g/mol. The smallest absolute Gasteiger partial charge is 0.102 e. The summed E-state index contributed by atoms with van der Waals surface area (Å²) in [7, 11) is 0. The van der Waals surface area contributed by atoms with E-state index in [0.29, 0.717) is 67.4 Å². The molecule has 5 heterocycles. The van der Waals surface area contributed by atoms with Gasteiger partial charge >= 0.3 is 0 Å². The van der Waals surface area contributed by atoms with E-state index in [1.54, 1.807) is 0 Å². The molecule has 5 aromatic heterocycles. The fraction of sp³-hybridized carbons (Fsp3) is 0. The van der Waals surface area contributed by atoms with Gasteiger partial charge in [-0.1, -0.05) is 133 Å². The van der Waals surface area contributed by atoms with Crippen LogP contribution in [0.4, 0.5) is 0 Å². The molecule has 16 rings (SSSR count). The van der Waals surface area contributed by atoms with Gasteiger partial charge in [-0.3, -0.25) is 0 Å². The maximum absolute atomic E-state index is 13.1. The third kappa shape index (κ3) is 7.11. The first-order valence-corrected chi connectivity index (χ1v) is 28.0. The van der Waals surface area contributed by atoms with Crippen LogP contribution in [-0.2, 0) is 0 Å². The van der Waals surface area contributed by atoms with Crippen molar-refractivity contribution in [3.63, 3.8) is 0 Å². The van der Waals surface area contributed by atoms with E-state index in [4.69, 9.17) is 4.98 Å². The van der Waals surface area contributed by atoms with Crippen LogP contribution in [0.25, 0.3) is 144 Å². The van der Waals surface area contributed by atoms with E-state index < -0.39 is 0 Å². The number of rotatable bonds is 7. The Morgan fingerprint density at radius 2 is 0.593 bits per heavy atom. The maximum atomic E-state index is 13.1. The summed E-state index contributed by atoms with van der Waals surface area (Å²) >= 11 is 0. The molecule has 86 heavy (non-hydrogen) atoms. The summed E-state index contributed by atoms with van der Waals surface area (Å²) in [6.45, 7) is 0. The maximum Gasteiger partial charge on any atom is 0.102 e. The molecule has 0 amide bonds. The second-order valence-corrected chi connectivity index (χ2v) is 21.4. The van der Waals surface area contributed by atoms with Gasteiger partial charge in [-0.25, -0.2) is 4.98 Å². The van der Waals surface area contributed by atoms with Gasteiger partial charge in [-0.15, -0.1) is 0 Å². The molecule has 0 radical (unpaired) electrons. The van der Waals surface area contributed by atoms with Crippen molar-refractivity contribution in [1.29, 1.82) is 26.3 Å². The molecule has 0 atom stereocenters. The third-order valence-corrected chi connectivity index (χ3v) is 16.9. The van der Waals surface area contributed by atoms with Gasteiger partial charge in [0.05, 0.1) is 130 Å². The van der Waals surface area contributed by atoms with Crippen molar-refractivity contribution in [2.45, 2.75) is 0 Å². The van der Waals surface area contributed by atoms with Gasteiger partial charge in [0.1, 0.15) is 6.07 Å². The Bertz CT molecular complexity index is 5840. The quantitative estimate of drug-likeness (QED) is 0.155. The summed E-state index contributed by atoms with van der Waals surface area (Å²) in [6, 6.07) is 92.8. The predicted molar refractivity (Wildman–Crippen MR) is 341 cm³/mol. The minimum absolute atomic E-state index is 0.309. The summed E-state index contributed by atoms with van der Waals surface area (Å²) in [5, 5.41) is 62.3. The second-order valence-electron chi connectivity index (χ2n) is 21.4. The fourth-order valence-corrected chi connectivity index (χ4v) is 13.3. The van der Waals surface area contributed by atoms with Crippen molar-refractivity contribution in [2.24, 2.45) is 0 Å². The zero-order valence-electron chi connectivity index (χ0n) is 45.6. The average Bonchev–Trinajstić information content (AvgIpc) is 1.47. The first-order chi connectivity index (χ1) is 42.5. The van der Waals surface area contributed by atoms with Crippen molar-refractivity contribution in [1.82, 2.24) is 23.3 Å². The van der Waals surface area contributed by atoms with Gasteiger partial charge in [0, 0.05) is 65.3 Å². The van der Waals surface area contributed by atoms with Crippen LogP contribution in [0.15, 0.2) is 243 Å². The first-order valence-electron chi connectivity index (χ1n) is 28.0. The van der Waals surface area contributed by atoms with Crippen LogP contribution in [0.3, 0.4) is 0 Å². The molecule has 0 bridgehead atoms. The molecule has 10 nitrogen and oxygen atoms in total. The number of fused-ring (bicyclic) bond motifs is 12. The van der Waals surface area contributed by atoms with Crippen LogP contribution in [0, 0.1) is 56.7 Å². The van der Waals surface area contributed by atoms with Crippen LogP contribution >= 0.6 is 0 Å². The molecule has 0 unspecified atom stereocenters. The van der Waals surface area contributed by atoms with E-state index in [2.05, 4.69) is 115 Å². The summed E-state index contributed by atoms with van der Waals surface area (Å²) in [5.74, 6) is 0. The van der Waals surface area contributed by atoms with Gasteiger partial charge in [-0.2, -0.15) is 26.3 Å². The topological polar surface area (TPSA) is 152 Å². The predicted octanol–water partition coefficient (Wildman–Crippen LogP) is 17.8. The van der Waals surface area contributed by atoms with Crippen LogP contribution in [-0.4, -0.2) is 23.3 Å². The normalized spacial score (nSPS) is 11.4. The lowest BCUT2D eigenvalue weighted by Gasteiger charge is -2.30. The first kappa shape index (κ1) is 49.1. The Balaban J connectivity index is 1.28. The van der Waals surface area contributed by atoms with E-state index in [9.17, 15) is 26.3 Å². The van der Waals surface area contributed by atoms with Gasteiger partial charge in [0.25, 0.3) is 0 Å². The van der Waals surface area contributed by atoms with Crippen LogP contribution in [0.2, 0.25) is 0 Å². The molecule has 0 saturated carbocycles. The molecule has 0 fully saturated rings. The molecule has 10 heteroatoms. The molecule has 394 valence electrons. The molecule has 0 N–H and O–H groups in total. The molecular weight excluding hydrogens is 1050 g/mol. The standard InChI is InChI=1S/C76H40N10/c77-41-46-27-33-67-57(37-46)52-19-7-11-23-63(52)83(67)73-61(45-81)71(56-31-32-62(50-15-3-1-4-16-50)82-72(56)51-17-5-2-6-18-51)74(84-64-24-12-8-20-53(64)58-38-47(42-78)28-34-68(58)84)76(86-66-26-14-10-22-55(66)60-40-49(44-80)30-36-70(60)86)75(73)85-65-25-13-9-21-54(65)59-39-48(43-79)29-35-69(59)85/h1-40H. The van der Waals surface area contributed by atoms with Crippen molar-refractivity contribution >= 4 is 87.2 Å². The van der Waals surface area contributed by atoms with E-state index in [1.165, 1.54) is 0 Å². The van der Waals surface area contributed by atoms with Crippen molar-refractivity contribution in [2.75, 3.05) is 0 Å². The van der Waals surface area contributed by atoms with Gasteiger partial charge < -0.3 is 18.3 Å². The Morgan fingerprint density at radius 3 is 0.977 bits per heavy atom. The van der Waals surface area contributed by atoms with Crippen molar-refractivity contribution < 1.29 is 0 Å². The van der Waals surface area contributed by atoms with Gasteiger partial charge in [0.15, 0.2) is 0 Å². The summed E-state index contributed by atoms with van der Waals surface area (Å²) in [6.07, 6.45) is 0. The Kier molecular flexibility index (Phi) is 10.9. The fourth-order valence-electron chi connectivity index (χ4n) is 13.3. The van der Waals surface area contributed by atoms with Crippen molar-refractivity contribution in [3.05, 3.63) is 270 Å². The molecule has 16 aromatic rings. The second kappa shape index (κ2) is 19.2. The number of nitriles is 5. The van der Waals surface area contributed by atoms with E-state index in [1.807, 2.05) is 176 Å². The highest BCUT2D eigenvalue weighted by molar-refractivity contribution is 6.18. The molecule has 0 aliphatic carbocycles. The summed E-state index contributed by atoms with van der Waals surface area (Å²) < 4.78 is 9.02. The number of hydrogen-bond donors (Lipinski definition) is 0. The number of nitrogens with zero attached hydrogens (tertiary/aromatic N) is 10. The minimum atomic E-state index is 0.309. The molecule has 0 aliphatic heterocycles. The zero-order valence-corrected chi connectivity index (χ0v) is 45.6. The van der Waals surface area contributed by atoms with E-state index in [0.717, 1.165) is 104 Å². The highest BCUT2D eigenvalue weighted by Crippen LogP contribution is 2.53. The number of benzene rings is 11. The van der Waals surface area contributed by atoms with Gasteiger partial charge in [0.2, 0.25) is 0 Å². The SMILES string of the molecule is N#Cc1ccc2c(c1)c1ccccc1n2-c1c(C#N)c(-c2ccc(-c3ccccc3)nc2-c2ccccc2)c(-n2c3ccccc3c3cc(C#N)ccc32)c(-n2c3ccccc3c3cc(C#N)ccc32)c1-n1c2ccccc2c2cc(C#N)ccc21. The zero-order chi connectivity index (χ0) is 57.7. The number of pyridine rings is 1. The molecule has 11 aromatic carbocycles. The summed E-state index contributed by atoms with van der Waals surface area (Å²) in [5.41, 5.74) is 15.3. The van der Waals surface area contributed by atoms with Crippen LogP contribution < -0.4 is 0 Å². The van der Waals surface area contributed by atoms with Crippen molar-refractivity contribution in [3.8, 4) is 86.7 Å². The Labute approximate surface area is 491 Å². The summed E-state index contributed by atoms with van der Waals surface area (Å²) in [4.78, 5) is 5.67. The van der Waals surface area contributed by atoms with Gasteiger partial charge in [-0.05, 0) is 109 Å². The Morgan fingerprint density at radius 1 is 0.267 bits per heavy atom.